The van der Waals surface area contributed by atoms with Crippen molar-refractivity contribution in [2.45, 2.75) is 27.2 Å². The molecule has 18 heavy (non-hydrogen) atoms. The van der Waals surface area contributed by atoms with Gasteiger partial charge in [0.25, 0.3) is 0 Å². The Balaban J connectivity index is 2.27. The monoisotopic (exact) mass is 242 g/mol. The lowest BCUT2D eigenvalue weighted by molar-refractivity contribution is 0.415. The van der Waals surface area contributed by atoms with Crippen molar-refractivity contribution in [1.29, 1.82) is 0 Å². The van der Waals surface area contributed by atoms with E-state index >= 15 is 0 Å². The molecule has 2 aromatic rings. The van der Waals surface area contributed by atoms with E-state index < -0.39 is 0 Å². The second-order valence-electron chi connectivity index (χ2n) is 5.47. The molecule has 0 saturated heterocycles. The first-order valence-corrected chi connectivity index (χ1v) is 6.67. The smallest absolute Gasteiger partial charge is 0.119 e. The van der Waals surface area contributed by atoms with Gasteiger partial charge in [-0.05, 0) is 46.7 Å². The molecule has 0 N–H and O–H groups in total. The molecule has 2 rings (SSSR count). The highest BCUT2D eigenvalue weighted by atomic mass is 16.5. The summed E-state index contributed by atoms with van der Waals surface area (Å²) in [5, 5.41) is 2.54. The third kappa shape index (κ3) is 2.84. The molecule has 0 saturated carbocycles. The van der Waals surface area contributed by atoms with Gasteiger partial charge in [0.2, 0.25) is 0 Å². The Kier molecular flexibility index (Phi) is 3.90. The highest BCUT2D eigenvalue weighted by Gasteiger charge is 2.08. The zero-order chi connectivity index (χ0) is 13.1. The number of benzene rings is 2. The summed E-state index contributed by atoms with van der Waals surface area (Å²) in [6.07, 6.45) is 1.15. The first kappa shape index (κ1) is 12.9. The van der Waals surface area contributed by atoms with E-state index in [9.17, 15) is 0 Å². The van der Waals surface area contributed by atoms with Gasteiger partial charge in [-0.1, -0.05) is 45.0 Å². The first-order chi connectivity index (χ1) is 8.60. The molecule has 2 aromatic carbocycles. The molecule has 1 atom stereocenters. The fourth-order valence-electron chi connectivity index (χ4n) is 2.13. The van der Waals surface area contributed by atoms with Crippen LogP contribution in [0.2, 0.25) is 0 Å². The summed E-state index contributed by atoms with van der Waals surface area (Å²) in [5.74, 6) is 2.38. The molecule has 0 spiro atoms. The Labute approximate surface area is 110 Å². The minimum atomic E-state index is 0.723. The number of ether oxygens (including phenoxy) is 1. The van der Waals surface area contributed by atoms with Gasteiger partial charge in [-0.2, -0.15) is 0 Å². The fraction of sp³-hybridized carbons (Fsp3) is 0.412. The summed E-state index contributed by atoms with van der Waals surface area (Å²) in [7, 11) is 1.71. The van der Waals surface area contributed by atoms with Gasteiger partial charge in [0.15, 0.2) is 0 Å². The van der Waals surface area contributed by atoms with E-state index in [-0.39, 0.29) is 0 Å². The van der Waals surface area contributed by atoms with Gasteiger partial charge in [0.05, 0.1) is 7.11 Å². The molecule has 0 fully saturated rings. The van der Waals surface area contributed by atoms with Crippen LogP contribution in [0.1, 0.15) is 26.3 Å². The molecule has 0 aliphatic rings. The SMILES string of the molecule is COc1ccc2cc(CC(C)C(C)C)ccc2c1. The van der Waals surface area contributed by atoms with Crippen LogP contribution in [0.15, 0.2) is 36.4 Å². The van der Waals surface area contributed by atoms with E-state index in [1.807, 2.05) is 6.07 Å². The second kappa shape index (κ2) is 5.43. The molecule has 0 aliphatic heterocycles. The lowest BCUT2D eigenvalue weighted by Crippen LogP contribution is -2.07. The minimum absolute atomic E-state index is 0.723. The third-order valence-electron chi connectivity index (χ3n) is 3.81. The van der Waals surface area contributed by atoms with Crippen LogP contribution in [0, 0.1) is 11.8 Å². The predicted octanol–water partition coefficient (Wildman–Crippen LogP) is 4.68. The summed E-state index contributed by atoms with van der Waals surface area (Å²) in [4.78, 5) is 0. The standard InChI is InChI=1S/C17H22O/c1-12(2)13(3)9-14-5-6-16-11-17(18-4)8-7-15(16)10-14/h5-8,10-13H,9H2,1-4H3. The molecule has 0 bridgehead atoms. The Hall–Kier alpha value is -1.50. The van der Waals surface area contributed by atoms with E-state index in [2.05, 4.69) is 51.1 Å². The van der Waals surface area contributed by atoms with Crippen LogP contribution < -0.4 is 4.74 Å². The quantitative estimate of drug-likeness (QED) is 0.756. The van der Waals surface area contributed by atoms with Crippen molar-refractivity contribution < 1.29 is 4.74 Å². The zero-order valence-corrected chi connectivity index (χ0v) is 11.7. The van der Waals surface area contributed by atoms with Crippen LogP contribution >= 0.6 is 0 Å². The van der Waals surface area contributed by atoms with Crippen LogP contribution in [-0.2, 0) is 6.42 Å². The molecule has 0 radical (unpaired) electrons. The van der Waals surface area contributed by atoms with Gasteiger partial charge in [-0.15, -0.1) is 0 Å². The van der Waals surface area contributed by atoms with E-state index in [1.165, 1.54) is 16.3 Å². The summed E-state index contributed by atoms with van der Waals surface area (Å²) in [6.45, 7) is 6.90. The third-order valence-corrected chi connectivity index (χ3v) is 3.81. The van der Waals surface area contributed by atoms with Gasteiger partial charge in [0, 0.05) is 0 Å². The lowest BCUT2D eigenvalue weighted by atomic mass is 9.90. The maximum absolute atomic E-state index is 5.25. The van der Waals surface area contributed by atoms with Crippen LogP contribution in [0.25, 0.3) is 10.8 Å². The molecule has 0 amide bonds. The van der Waals surface area contributed by atoms with Crippen LogP contribution in [-0.4, -0.2) is 7.11 Å². The largest absolute Gasteiger partial charge is 0.497 e. The maximum atomic E-state index is 5.25. The van der Waals surface area contributed by atoms with Crippen LogP contribution in [0.4, 0.5) is 0 Å². The Morgan fingerprint density at radius 2 is 1.61 bits per heavy atom. The van der Waals surface area contributed by atoms with Crippen molar-refractivity contribution in [2.75, 3.05) is 7.11 Å². The van der Waals surface area contributed by atoms with Gasteiger partial charge < -0.3 is 4.74 Å². The molecular formula is C17H22O. The Bertz CT molecular complexity index is 528. The average molecular weight is 242 g/mol. The number of fused-ring (bicyclic) bond motifs is 1. The predicted molar refractivity (Wildman–Crippen MR) is 78.2 cm³/mol. The van der Waals surface area contributed by atoms with Crippen molar-refractivity contribution in [3.8, 4) is 5.75 Å². The summed E-state index contributed by atoms with van der Waals surface area (Å²) >= 11 is 0. The number of rotatable bonds is 4. The highest BCUT2D eigenvalue weighted by Crippen LogP contribution is 2.24. The van der Waals surface area contributed by atoms with Gasteiger partial charge in [-0.25, -0.2) is 0 Å². The van der Waals surface area contributed by atoms with Gasteiger partial charge in [-0.3, -0.25) is 0 Å². The van der Waals surface area contributed by atoms with E-state index in [0.29, 0.717) is 0 Å². The maximum Gasteiger partial charge on any atom is 0.119 e. The second-order valence-corrected chi connectivity index (χ2v) is 5.47. The summed E-state index contributed by atoms with van der Waals surface area (Å²) in [5.41, 5.74) is 1.42. The number of methoxy groups -OCH3 is 1. The molecule has 1 nitrogen and oxygen atoms in total. The normalized spacial score (nSPS) is 12.9. The molecule has 0 heterocycles. The number of hydrogen-bond acceptors (Lipinski definition) is 1. The van der Waals surface area contributed by atoms with Gasteiger partial charge >= 0.3 is 0 Å². The molecule has 1 unspecified atom stereocenters. The molecule has 0 aromatic heterocycles. The van der Waals surface area contributed by atoms with Crippen molar-refractivity contribution in [2.24, 2.45) is 11.8 Å². The Morgan fingerprint density at radius 3 is 2.28 bits per heavy atom. The Morgan fingerprint density at radius 1 is 0.944 bits per heavy atom. The van der Waals surface area contributed by atoms with Crippen LogP contribution in [0.3, 0.4) is 0 Å². The van der Waals surface area contributed by atoms with E-state index in [0.717, 1.165) is 24.0 Å². The molecular weight excluding hydrogens is 220 g/mol. The van der Waals surface area contributed by atoms with Gasteiger partial charge in [0.1, 0.15) is 5.75 Å². The van der Waals surface area contributed by atoms with Crippen molar-refractivity contribution >= 4 is 10.8 Å². The highest BCUT2D eigenvalue weighted by molar-refractivity contribution is 5.84. The van der Waals surface area contributed by atoms with Crippen molar-refractivity contribution in [1.82, 2.24) is 0 Å². The molecule has 1 heteroatoms. The summed E-state index contributed by atoms with van der Waals surface area (Å²) < 4.78 is 5.25. The summed E-state index contributed by atoms with van der Waals surface area (Å²) in [6, 6.07) is 13.0. The van der Waals surface area contributed by atoms with Crippen molar-refractivity contribution in [3.05, 3.63) is 42.0 Å². The fourth-order valence-corrected chi connectivity index (χ4v) is 2.13. The molecule has 0 aliphatic carbocycles. The molecule has 96 valence electrons. The zero-order valence-electron chi connectivity index (χ0n) is 11.7. The van der Waals surface area contributed by atoms with E-state index in [4.69, 9.17) is 4.74 Å². The average Bonchev–Trinajstić information content (AvgIpc) is 2.37. The topological polar surface area (TPSA) is 9.23 Å². The number of hydrogen-bond donors (Lipinski definition) is 0. The van der Waals surface area contributed by atoms with Crippen LogP contribution in [0.5, 0.6) is 5.75 Å². The lowest BCUT2D eigenvalue weighted by Gasteiger charge is -2.15. The van der Waals surface area contributed by atoms with Crippen molar-refractivity contribution in [3.63, 3.8) is 0 Å². The van der Waals surface area contributed by atoms with E-state index in [1.54, 1.807) is 7.11 Å². The minimum Gasteiger partial charge on any atom is -0.497 e. The first-order valence-electron chi connectivity index (χ1n) is 6.67.